The monoisotopic (exact) mass is 286 g/mol. The summed E-state index contributed by atoms with van der Waals surface area (Å²) >= 11 is 9.52. The number of aryl methyl sites for hydroxylation is 1. The number of unbranched alkanes of at least 4 members (excludes halogenated alkanes) is 1. The highest BCUT2D eigenvalue weighted by atomic mass is 79.9. The first-order chi connectivity index (χ1) is 7.22. The Labute approximate surface area is 102 Å². The molecule has 1 aromatic carbocycles. The van der Waals surface area contributed by atoms with Gasteiger partial charge in [0.1, 0.15) is 0 Å². The molecule has 0 aliphatic rings. The molecule has 1 heterocycles. The van der Waals surface area contributed by atoms with Gasteiger partial charge in [-0.25, -0.2) is 0 Å². The third kappa shape index (κ3) is 2.18. The van der Waals surface area contributed by atoms with Crippen LogP contribution in [0, 0.1) is 0 Å². The number of rotatable bonds is 3. The molecule has 0 saturated carbocycles. The molecular formula is C11H12BrClN2. The van der Waals surface area contributed by atoms with E-state index in [2.05, 4.69) is 34.0 Å². The molecule has 80 valence electrons. The third-order valence-corrected chi connectivity index (χ3v) is 3.16. The predicted molar refractivity (Wildman–Crippen MR) is 67.4 cm³/mol. The molecule has 1 aromatic heterocycles. The lowest BCUT2D eigenvalue weighted by molar-refractivity contribution is 0.588. The highest BCUT2D eigenvalue weighted by molar-refractivity contribution is 9.10. The predicted octanol–water partition coefficient (Wildman–Crippen LogP) is 4.25. The van der Waals surface area contributed by atoms with Crippen molar-refractivity contribution in [2.45, 2.75) is 26.3 Å². The van der Waals surface area contributed by atoms with Gasteiger partial charge in [0.2, 0.25) is 0 Å². The van der Waals surface area contributed by atoms with E-state index in [1.165, 1.54) is 0 Å². The van der Waals surface area contributed by atoms with Crippen molar-refractivity contribution in [3.8, 4) is 0 Å². The van der Waals surface area contributed by atoms with Gasteiger partial charge in [0.05, 0.1) is 5.52 Å². The van der Waals surface area contributed by atoms with Crippen LogP contribution in [0.3, 0.4) is 0 Å². The van der Waals surface area contributed by atoms with Crippen LogP contribution >= 0.6 is 27.5 Å². The Bertz CT molecular complexity index is 479. The highest BCUT2D eigenvalue weighted by Crippen LogP contribution is 2.26. The van der Waals surface area contributed by atoms with E-state index < -0.39 is 0 Å². The molecule has 0 radical (unpaired) electrons. The van der Waals surface area contributed by atoms with Gasteiger partial charge >= 0.3 is 0 Å². The average molecular weight is 288 g/mol. The minimum atomic E-state index is 0.591. The molecule has 2 aromatic rings. The molecule has 15 heavy (non-hydrogen) atoms. The molecule has 0 unspecified atom stereocenters. The Balaban J connectivity index is 2.49. The van der Waals surface area contributed by atoms with Crippen molar-refractivity contribution >= 4 is 38.4 Å². The summed E-state index contributed by atoms with van der Waals surface area (Å²) < 4.78 is 3.04. The fourth-order valence-corrected chi connectivity index (χ4v) is 2.18. The lowest BCUT2D eigenvalue weighted by Gasteiger charge is -2.01. The first-order valence-electron chi connectivity index (χ1n) is 5.04. The van der Waals surface area contributed by atoms with Crippen LogP contribution < -0.4 is 0 Å². The average Bonchev–Trinajstić information content (AvgIpc) is 2.52. The zero-order valence-electron chi connectivity index (χ0n) is 8.50. The fraction of sp³-hybridized carbons (Fsp3) is 0.364. The molecule has 0 spiro atoms. The van der Waals surface area contributed by atoms with Crippen LogP contribution in [0.5, 0.6) is 0 Å². The van der Waals surface area contributed by atoms with Gasteiger partial charge in [-0.15, -0.1) is 0 Å². The molecule has 2 rings (SSSR count). The number of halogens is 2. The number of hydrogen-bond acceptors (Lipinski definition) is 1. The van der Waals surface area contributed by atoms with Crippen molar-refractivity contribution < 1.29 is 0 Å². The summed E-state index contributed by atoms with van der Waals surface area (Å²) in [5, 5.41) is 5.94. The topological polar surface area (TPSA) is 17.8 Å². The van der Waals surface area contributed by atoms with Crippen LogP contribution in [0.25, 0.3) is 10.9 Å². The van der Waals surface area contributed by atoms with E-state index in [0.717, 1.165) is 34.8 Å². The lowest BCUT2D eigenvalue weighted by Crippen LogP contribution is -1.99. The zero-order valence-corrected chi connectivity index (χ0v) is 10.8. The second kappa shape index (κ2) is 4.54. The van der Waals surface area contributed by atoms with Crippen molar-refractivity contribution in [2.24, 2.45) is 0 Å². The van der Waals surface area contributed by atoms with E-state index in [4.69, 9.17) is 11.6 Å². The summed E-state index contributed by atoms with van der Waals surface area (Å²) in [5.41, 5.74) is 1.10. The molecule has 2 nitrogen and oxygen atoms in total. The van der Waals surface area contributed by atoms with Gasteiger partial charge in [-0.05, 0) is 24.6 Å². The van der Waals surface area contributed by atoms with Gasteiger partial charge < -0.3 is 0 Å². The standard InChI is InChI=1S/C11H12BrClN2/c1-2-3-6-15-10-7-8(12)4-5-9(10)11(13)14-15/h4-5,7H,2-3,6H2,1H3. The maximum atomic E-state index is 6.06. The van der Waals surface area contributed by atoms with Crippen molar-refractivity contribution in [2.75, 3.05) is 0 Å². The summed E-state index contributed by atoms with van der Waals surface area (Å²) in [4.78, 5) is 0. The minimum absolute atomic E-state index is 0.591. The Kier molecular flexibility index (Phi) is 3.32. The Morgan fingerprint density at radius 3 is 3.00 bits per heavy atom. The maximum Gasteiger partial charge on any atom is 0.158 e. The van der Waals surface area contributed by atoms with E-state index >= 15 is 0 Å². The first kappa shape index (κ1) is 11.0. The Morgan fingerprint density at radius 1 is 1.47 bits per heavy atom. The minimum Gasteiger partial charge on any atom is -0.263 e. The number of aromatic nitrogens is 2. The molecule has 0 N–H and O–H groups in total. The summed E-state index contributed by atoms with van der Waals surface area (Å²) in [7, 11) is 0. The van der Waals surface area contributed by atoms with Gasteiger partial charge in [-0.3, -0.25) is 4.68 Å². The van der Waals surface area contributed by atoms with Gasteiger partial charge in [-0.2, -0.15) is 5.10 Å². The van der Waals surface area contributed by atoms with Crippen molar-refractivity contribution in [1.82, 2.24) is 9.78 Å². The molecule has 0 aliphatic carbocycles. The molecule has 0 amide bonds. The van der Waals surface area contributed by atoms with Crippen molar-refractivity contribution in [1.29, 1.82) is 0 Å². The Morgan fingerprint density at radius 2 is 2.27 bits per heavy atom. The molecule has 4 heteroatoms. The number of benzene rings is 1. The smallest absolute Gasteiger partial charge is 0.158 e. The molecule has 0 atom stereocenters. The van der Waals surface area contributed by atoms with Gasteiger partial charge in [-0.1, -0.05) is 40.9 Å². The Hall–Kier alpha value is -0.540. The molecule has 0 fully saturated rings. The van der Waals surface area contributed by atoms with E-state index in [-0.39, 0.29) is 0 Å². The molecule has 0 bridgehead atoms. The zero-order chi connectivity index (χ0) is 10.8. The van der Waals surface area contributed by atoms with Crippen LogP contribution in [-0.4, -0.2) is 9.78 Å². The lowest BCUT2D eigenvalue weighted by atomic mass is 10.2. The molecule has 0 saturated heterocycles. The van der Waals surface area contributed by atoms with Gasteiger partial charge in [0.15, 0.2) is 5.15 Å². The van der Waals surface area contributed by atoms with Crippen molar-refractivity contribution in [3.63, 3.8) is 0 Å². The molecular weight excluding hydrogens is 275 g/mol. The number of fused-ring (bicyclic) bond motifs is 1. The van der Waals surface area contributed by atoms with Gasteiger partial charge in [0, 0.05) is 16.4 Å². The fourth-order valence-electron chi connectivity index (χ4n) is 1.58. The second-order valence-corrected chi connectivity index (χ2v) is 4.80. The van der Waals surface area contributed by atoms with Crippen LogP contribution in [0.2, 0.25) is 5.15 Å². The summed E-state index contributed by atoms with van der Waals surface area (Å²) in [6.45, 7) is 3.10. The van der Waals surface area contributed by atoms with E-state index in [0.29, 0.717) is 5.15 Å². The summed E-state index contributed by atoms with van der Waals surface area (Å²) in [6, 6.07) is 6.04. The summed E-state index contributed by atoms with van der Waals surface area (Å²) in [5.74, 6) is 0. The van der Waals surface area contributed by atoms with Crippen LogP contribution in [0.1, 0.15) is 19.8 Å². The van der Waals surface area contributed by atoms with E-state index in [1.807, 2.05) is 16.8 Å². The van der Waals surface area contributed by atoms with Crippen LogP contribution in [0.15, 0.2) is 22.7 Å². The second-order valence-electron chi connectivity index (χ2n) is 3.53. The third-order valence-electron chi connectivity index (χ3n) is 2.39. The number of hydrogen-bond donors (Lipinski definition) is 0. The van der Waals surface area contributed by atoms with Crippen molar-refractivity contribution in [3.05, 3.63) is 27.8 Å². The largest absolute Gasteiger partial charge is 0.263 e. The maximum absolute atomic E-state index is 6.06. The quantitative estimate of drug-likeness (QED) is 0.825. The van der Waals surface area contributed by atoms with Gasteiger partial charge in [0.25, 0.3) is 0 Å². The normalized spacial score (nSPS) is 11.1. The van der Waals surface area contributed by atoms with Crippen LogP contribution in [0.4, 0.5) is 0 Å². The molecule has 0 aliphatic heterocycles. The first-order valence-corrected chi connectivity index (χ1v) is 6.21. The highest BCUT2D eigenvalue weighted by Gasteiger charge is 2.08. The number of nitrogens with zero attached hydrogens (tertiary/aromatic N) is 2. The van der Waals surface area contributed by atoms with Crippen LogP contribution in [-0.2, 0) is 6.54 Å². The summed E-state index contributed by atoms with van der Waals surface area (Å²) in [6.07, 6.45) is 2.28. The van der Waals surface area contributed by atoms with E-state index in [1.54, 1.807) is 0 Å². The SMILES string of the molecule is CCCCn1nc(Cl)c2ccc(Br)cc21. The van der Waals surface area contributed by atoms with E-state index in [9.17, 15) is 0 Å².